The zero-order chi connectivity index (χ0) is 20.2. The highest BCUT2D eigenvalue weighted by Gasteiger charge is 2.68. The van der Waals surface area contributed by atoms with Crippen molar-refractivity contribution < 1.29 is 29.3 Å². The van der Waals surface area contributed by atoms with Gasteiger partial charge in [-0.05, 0) is 42.9 Å². The molecular weight excluding hydrogens is 348 g/mol. The molecule has 27 heavy (non-hydrogen) atoms. The van der Waals surface area contributed by atoms with Crippen molar-refractivity contribution in [2.75, 3.05) is 6.61 Å². The van der Waals surface area contributed by atoms with Crippen LogP contribution in [0.5, 0.6) is 0 Å². The number of rotatable bonds is 3. The number of esters is 1. The maximum Gasteiger partial charge on any atom is 0.332 e. The first kappa shape index (κ1) is 20.5. The number of aliphatic hydroxyl groups is 2. The largest absolute Gasteiger partial charge is 0.460 e. The number of aliphatic hydroxyl groups excluding tert-OH is 2. The molecule has 3 saturated carbocycles. The van der Waals surface area contributed by atoms with Crippen molar-refractivity contribution in [1.82, 2.24) is 0 Å². The Hall–Kier alpha value is -1.27. The molecule has 8 atom stereocenters. The predicted octanol–water partition coefficient (Wildman–Crippen LogP) is 1.90. The van der Waals surface area contributed by atoms with Gasteiger partial charge in [-0.3, -0.25) is 4.79 Å². The summed E-state index contributed by atoms with van der Waals surface area (Å²) in [5, 5.41) is 20.4. The van der Waals surface area contributed by atoms with Gasteiger partial charge in [0.05, 0.1) is 11.5 Å². The molecule has 0 heterocycles. The topological polar surface area (TPSA) is 101 Å². The Kier molecular flexibility index (Phi) is 5.05. The van der Waals surface area contributed by atoms with Gasteiger partial charge in [-0.25, -0.2) is 4.79 Å². The van der Waals surface area contributed by atoms with Crippen LogP contribution < -0.4 is 0 Å². The highest BCUT2D eigenvalue weighted by atomic mass is 16.6. The van der Waals surface area contributed by atoms with Gasteiger partial charge in [-0.15, -0.1) is 0 Å². The average molecular weight is 380 g/mol. The van der Waals surface area contributed by atoms with E-state index in [1.165, 1.54) is 0 Å². The molecule has 3 aliphatic rings. The lowest BCUT2D eigenvalue weighted by Gasteiger charge is -2.61. The normalized spacial score (nSPS) is 49.7. The quantitative estimate of drug-likeness (QED) is 0.573. The van der Waals surface area contributed by atoms with Crippen LogP contribution in [0.1, 0.15) is 59.8 Å². The Morgan fingerprint density at radius 1 is 1.30 bits per heavy atom. The Labute approximate surface area is 160 Å². The number of aldehydes is 1. The maximum atomic E-state index is 13.1. The van der Waals surface area contributed by atoms with Crippen molar-refractivity contribution >= 4 is 18.0 Å². The van der Waals surface area contributed by atoms with Crippen LogP contribution in [0, 0.1) is 34.0 Å². The first-order valence-electron chi connectivity index (χ1n) is 10.0. The fourth-order valence-corrected chi connectivity index (χ4v) is 6.61. The van der Waals surface area contributed by atoms with Gasteiger partial charge in [0.15, 0.2) is 0 Å². The molecule has 152 valence electrons. The summed E-state index contributed by atoms with van der Waals surface area (Å²) in [7, 11) is 0. The zero-order valence-electron chi connectivity index (χ0n) is 16.7. The Morgan fingerprint density at radius 3 is 2.56 bits per heavy atom. The van der Waals surface area contributed by atoms with Gasteiger partial charge in [0, 0.05) is 17.8 Å². The Morgan fingerprint density at radius 2 is 1.96 bits per heavy atom. The second-order valence-electron chi connectivity index (χ2n) is 9.64. The van der Waals surface area contributed by atoms with Crippen molar-refractivity contribution in [2.45, 2.75) is 72.0 Å². The van der Waals surface area contributed by atoms with Gasteiger partial charge >= 0.3 is 5.97 Å². The number of ether oxygens (including phenoxy) is 1. The van der Waals surface area contributed by atoms with E-state index in [1.807, 2.05) is 13.8 Å². The summed E-state index contributed by atoms with van der Waals surface area (Å²) < 4.78 is 5.66. The average Bonchev–Trinajstić information content (AvgIpc) is 3.00. The van der Waals surface area contributed by atoms with Crippen molar-refractivity contribution in [1.29, 1.82) is 0 Å². The fourth-order valence-electron chi connectivity index (χ4n) is 6.61. The summed E-state index contributed by atoms with van der Waals surface area (Å²) in [6.07, 6.45) is 2.15. The summed E-state index contributed by atoms with van der Waals surface area (Å²) >= 11 is 0. The molecule has 6 heteroatoms. The van der Waals surface area contributed by atoms with Crippen LogP contribution in [0.25, 0.3) is 0 Å². The van der Waals surface area contributed by atoms with E-state index in [9.17, 15) is 24.6 Å². The minimum absolute atomic E-state index is 0.118. The monoisotopic (exact) mass is 380 g/mol. The lowest BCUT2D eigenvalue weighted by molar-refractivity contribution is -0.210. The van der Waals surface area contributed by atoms with E-state index in [0.717, 1.165) is 19.1 Å². The standard InChI is InChI=1S/C21H32O6/c1-12-5-7-21-8-6-14(24)17(21)20(12,4)15(27-16(25)10-22)9-19(3,11-23)18(26)13(21)2/h11-13,15,17-18,22,26H,5-10H2,1-4H3/t12?,13-,15+,17-,18-,19-,20-,21-/m0/s1. The Balaban J connectivity index is 2.21. The van der Waals surface area contributed by atoms with Crippen molar-refractivity contribution in [3.63, 3.8) is 0 Å². The lowest BCUT2D eigenvalue weighted by Crippen LogP contribution is -2.63. The van der Waals surface area contributed by atoms with Crippen LogP contribution in [-0.2, 0) is 19.1 Å². The van der Waals surface area contributed by atoms with Crippen LogP contribution in [0.15, 0.2) is 0 Å². The third-order valence-electron chi connectivity index (χ3n) is 8.51. The molecule has 0 aromatic rings. The summed E-state index contributed by atoms with van der Waals surface area (Å²) in [6.45, 7) is 7.01. The van der Waals surface area contributed by atoms with Crippen LogP contribution in [0.3, 0.4) is 0 Å². The third-order valence-corrected chi connectivity index (χ3v) is 8.51. The second-order valence-corrected chi connectivity index (χ2v) is 9.64. The highest BCUT2D eigenvalue weighted by molar-refractivity contribution is 5.86. The molecule has 0 aliphatic heterocycles. The van der Waals surface area contributed by atoms with Crippen molar-refractivity contribution in [2.24, 2.45) is 34.0 Å². The van der Waals surface area contributed by atoms with Crippen LogP contribution >= 0.6 is 0 Å². The van der Waals surface area contributed by atoms with Gasteiger partial charge in [0.1, 0.15) is 24.8 Å². The van der Waals surface area contributed by atoms with Gasteiger partial charge in [0.25, 0.3) is 0 Å². The number of Topliss-reactive ketones (excluding diaryl/α,β-unsaturated/α-hetero) is 1. The highest BCUT2D eigenvalue weighted by Crippen LogP contribution is 2.67. The summed E-state index contributed by atoms with van der Waals surface area (Å²) in [5.41, 5.74) is -2.09. The lowest BCUT2D eigenvalue weighted by atomic mass is 9.44. The molecule has 0 aromatic heterocycles. The first-order valence-corrected chi connectivity index (χ1v) is 10.0. The molecule has 0 radical (unpaired) electrons. The number of carbonyl (C=O) groups excluding carboxylic acids is 3. The molecule has 3 fully saturated rings. The number of hydrogen-bond donors (Lipinski definition) is 2. The van der Waals surface area contributed by atoms with Gasteiger partial charge in [0.2, 0.25) is 0 Å². The van der Waals surface area contributed by atoms with E-state index >= 15 is 0 Å². The fraction of sp³-hybridized carbons (Fsp3) is 0.857. The molecule has 1 unspecified atom stereocenters. The van der Waals surface area contributed by atoms with Crippen molar-refractivity contribution in [3.8, 4) is 0 Å². The van der Waals surface area contributed by atoms with Gasteiger partial charge in [-0.2, -0.15) is 0 Å². The molecule has 3 aliphatic carbocycles. The van der Waals surface area contributed by atoms with E-state index in [-0.39, 0.29) is 35.4 Å². The van der Waals surface area contributed by atoms with E-state index in [4.69, 9.17) is 4.74 Å². The number of hydrogen-bond acceptors (Lipinski definition) is 6. The summed E-state index contributed by atoms with van der Waals surface area (Å²) in [5.74, 6) is -0.988. The van der Waals surface area contributed by atoms with E-state index in [1.54, 1.807) is 6.92 Å². The summed E-state index contributed by atoms with van der Waals surface area (Å²) in [6, 6.07) is 0. The molecule has 3 rings (SSSR count). The molecule has 0 amide bonds. The van der Waals surface area contributed by atoms with E-state index < -0.39 is 35.6 Å². The minimum Gasteiger partial charge on any atom is -0.460 e. The van der Waals surface area contributed by atoms with Gasteiger partial charge < -0.3 is 19.7 Å². The Bertz CT molecular complexity index is 647. The molecule has 0 aromatic carbocycles. The first-order chi connectivity index (χ1) is 12.6. The zero-order valence-corrected chi connectivity index (χ0v) is 16.7. The molecule has 2 bridgehead atoms. The molecule has 0 saturated heterocycles. The summed E-state index contributed by atoms with van der Waals surface area (Å²) in [4.78, 5) is 37.1. The van der Waals surface area contributed by atoms with E-state index in [0.29, 0.717) is 12.8 Å². The molecule has 0 spiro atoms. The predicted molar refractivity (Wildman–Crippen MR) is 97.6 cm³/mol. The smallest absolute Gasteiger partial charge is 0.332 e. The minimum atomic E-state index is -1.08. The molecule has 6 nitrogen and oxygen atoms in total. The van der Waals surface area contributed by atoms with E-state index in [2.05, 4.69) is 6.92 Å². The SMILES string of the molecule is CC1CC[C@@]23CCC(=O)[C@H]2[C@]1(C)[C@H](OC(=O)CO)C[C@@](C)(C=O)[C@@H](O)[C@@H]3C. The second kappa shape index (κ2) is 6.66. The van der Waals surface area contributed by atoms with Gasteiger partial charge in [-0.1, -0.05) is 27.7 Å². The van der Waals surface area contributed by atoms with Crippen LogP contribution in [0.2, 0.25) is 0 Å². The third kappa shape index (κ3) is 2.70. The van der Waals surface area contributed by atoms with Crippen LogP contribution in [0.4, 0.5) is 0 Å². The molecule has 2 N–H and O–H groups in total. The van der Waals surface area contributed by atoms with Crippen molar-refractivity contribution in [3.05, 3.63) is 0 Å². The number of carbonyl (C=O) groups is 3. The molecular formula is C21H32O6. The van der Waals surface area contributed by atoms with Crippen LogP contribution in [-0.4, -0.2) is 47.1 Å². The number of ketones is 1. The maximum absolute atomic E-state index is 13.1.